The summed E-state index contributed by atoms with van der Waals surface area (Å²) in [6.07, 6.45) is 4.23. The molecule has 2 heterocycles. The number of nitrogens with zero attached hydrogens (tertiary/aromatic N) is 1. The number of carbonyl (C=O) groups is 2. The van der Waals surface area contributed by atoms with E-state index in [2.05, 4.69) is 51.8 Å². The van der Waals surface area contributed by atoms with Crippen LogP contribution in [-0.2, 0) is 22.4 Å². The van der Waals surface area contributed by atoms with Gasteiger partial charge in [-0.15, -0.1) is 0 Å². The highest BCUT2D eigenvalue weighted by atomic mass is 16.2. The zero-order valence-corrected chi connectivity index (χ0v) is 16.4. The maximum atomic E-state index is 12.0. The molecule has 0 saturated heterocycles. The highest BCUT2D eigenvalue weighted by Crippen LogP contribution is 2.27. The number of para-hydroxylation sites is 2. The average Bonchev–Trinajstić information content (AvgIpc) is 3.30. The Morgan fingerprint density at radius 2 is 1.79 bits per heavy atom. The molecule has 2 aromatic carbocycles. The molecule has 0 fully saturated rings. The molecule has 148 valence electrons. The number of rotatable bonds is 8. The maximum Gasteiger partial charge on any atom is 0.239 e. The first kappa shape index (κ1) is 18.8. The Morgan fingerprint density at radius 3 is 2.59 bits per heavy atom. The van der Waals surface area contributed by atoms with Crippen LogP contribution in [0.5, 0.6) is 0 Å². The van der Waals surface area contributed by atoms with Crippen LogP contribution in [0.25, 0.3) is 21.8 Å². The smallest absolute Gasteiger partial charge is 0.239 e. The Morgan fingerprint density at radius 1 is 1.07 bits per heavy atom. The van der Waals surface area contributed by atoms with Crippen molar-refractivity contribution in [2.24, 2.45) is 0 Å². The van der Waals surface area contributed by atoms with E-state index >= 15 is 0 Å². The van der Waals surface area contributed by atoms with Crippen molar-refractivity contribution < 1.29 is 9.59 Å². The molecule has 0 bridgehead atoms. The minimum Gasteiger partial charge on any atom is -0.361 e. The molecule has 0 spiro atoms. The predicted octanol–water partition coefficient (Wildman–Crippen LogP) is 2.99. The minimum atomic E-state index is -0.155. The molecular formula is C23H24N4O2. The third kappa shape index (κ3) is 4.01. The average molecular weight is 388 g/mol. The number of likely N-dealkylation sites (N-methyl/N-ethyl adjacent to an activating group) is 1. The molecule has 6 nitrogen and oxygen atoms in total. The van der Waals surface area contributed by atoms with Gasteiger partial charge in [0.15, 0.2) is 0 Å². The van der Waals surface area contributed by atoms with Gasteiger partial charge in [-0.05, 0) is 29.7 Å². The first-order valence-electron chi connectivity index (χ1n) is 9.71. The summed E-state index contributed by atoms with van der Waals surface area (Å²) in [5, 5.41) is 5.31. The number of benzene rings is 2. The molecule has 6 heteroatoms. The lowest BCUT2D eigenvalue weighted by atomic mass is 10.0. The Hall–Kier alpha value is -3.54. The molecule has 4 rings (SSSR count). The fraction of sp³-hybridized carbons (Fsp3) is 0.217. The van der Waals surface area contributed by atoms with Crippen molar-refractivity contribution in [2.75, 3.05) is 20.1 Å². The van der Waals surface area contributed by atoms with E-state index in [1.807, 2.05) is 18.2 Å². The van der Waals surface area contributed by atoms with Crippen molar-refractivity contribution >= 4 is 34.1 Å². The Labute approximate surface area is 168 Å². The van der Waals surface area contributed by atoms with Crippen molar-refractivity contribution in [2.45, 2.75) is 12.8 Å². The molecule has 0 atom stereocenters. The van der Waals surface area contributed by atoms with E-state index in [4.69, 9.17) is 0 Å². The van der Waals surface area contributed by atoms with Gasteiger partial charge in [-0.3, -0.25) is 9.59 Å². The maximum absolute atomic E-state index is 12.0. The number of amides is 2. The number of hydrogen-bond acceptors (Lipinski definition) is 2. The molecule has 29 heavy (non-hydrogen) atoms. The van der Waals surface area contributed by atoms with Crippen LogP contribution < -0.4 is 5.32 Å². The van der Waals surface area contributed by atoms with Crippen LogP contribution in [0.1, 0.15) is 16.8 Å². The zero-order valence-electron chi connectivity index (χ0n) is 16.4. The molecule has 4 aromatic rings. The zero-order chi connectivity index (χ0) is 20.2. The summed E-state index contributed by atoms with van der Waals surface area (Å²) in [6.45, 7) is 0.591. The van der Waals surface area contributed by atoms with E-state index < -0.39 is 0 Å². The third-order valence-corrected chi connectivity index (χ3v) is 5.21. The first-order valence-corrected chi connectivity index (χ1v) is 9.71. The van der Waals surface area contributed by atoms with Crippen LogP contribution in [0.3, 0.4) is 0 Å². The van der Waals surface area contributed by atoms with Crippen LogP contribution >= 0.6 is 0 Å². The van der Waals surface area contributed by atoms with E-state index in [0.717, 1.165) is 29.6 Å². The molecule has 0 unspecified atom stereocenters. The van der Waals surface area contributed by atoms with Gasteiger partial charge in [0, 0.05) is 53.7 Å². The molecule has 2 amide bonds. The Kier molecular flexibility index (Phi) is 5.33. The van der Waals surface area contributed by atoms with Gasteiger partial charge in [-0.2, -0.15) is 0 Å². The molecule has 0 radical (unpaired) electrons. The lowest BCUT2D eigenvalue weighted by molar-refractivity contribution is -0.127. The standard InChI is InChI=1S/C23H24N4O2/c1-27(15-28)14-23(29)24-11-10-19-18-7-3-5-9-21(18)26-22(19)12-16-13-25-20-8-4-2-6-17(16)20/h2-9,13,15,25-26H,10-12,14H2,1H3,(H,24,29). The normalized spacial score (nSPS) is 11.1. The van der Waals surface area contributed by atoms with Crippen molar-refractivity contribution in [3.63, 3.8) is 0 Å². The van der Waals surface area contributed by atoms with Crippen molar-refractivity contribution in [1.82, 2.24) is 20.2 Å². The summed E-state index contributed by atoms with van der Waals surface area (Å²) in [5.41, 5.74) is 5.85. The van der Waals surface area contributed by atoms with Gasteiger partial charge in [-0.1, -0.05) is 36.4 Å². The molecule has 0 aliphatic heterocycles. The van der Waals surface area contributed by atoms with Crippen molar-refractivity contribution in [1.29, 1.82) is 0 Å². The quantitative estimate of drug-likeness (QED) is 0.406. The number of carbonyl (C=O) groups excluding carboxylic acids is 2. The largest absolute Gasteiger partial charge is 0.361 e. The Balaban J connectivity index is 1.56. The summed E-state index contributed by atoms with van der Waals surface area (Å²) in [7, 11) is 1.59. The summed E-state index contributed by atoms with van der Waals surface area (Å²) in [6, 6.07) is 16.5. The third-order valence-electron chi connectivity index (χ3n) is 5.21. The second-order valence-corrected chi connectivity index (χ2v) is 7.28. The Bertz CT molecular complexity index is 1160. The van der Waals surface area contributed by atoms with Crippen LogP contribution in [0, 0.1) is 0 Å². The second-order valence-electron chi connectivity index (χ2n) is 7.28. The lowest BCUT2D eigenvalue weighted by Gasteiger charge is -2.11. The van der Waals surface area contributed by atoms with Gasteiger partial charge < -0.3 is 20.2 Å². The summed E-state index contributed by atoms with van der Waals surface area (Å²) in [4.78, 5) is 30.9. The number of hydrogen-bond donors (Lipinski definition) is 3. The number of nitrogens with one attached hydrogen (secondary N) is 3. The predicted molar refractivity (Wildman–Crippen MR) is 115 cm³/mol. The van der Waals surface area contributed by atoms with Gasteiger partial charge in [0.25, 0.3) is 0 Å². The van der Waals surface area contributed by atoms with Gasteiger partial charge >= 0.3 is 0 Å². The van der Waals surface area contributed by atoms with Gasteiger partial charge in [0.1, 0.15) is 0 Å². The number of aromatic nitrogens is 2. The molecule has 3 N–H and O–H groups in total. The van der Waals surface area contributed by atoms with Crippen molar-refractivity contribution in [3.8, 4) is 0 Å². The topological polar surface area (TPSA) is 81.0 Å². The summed E-state index contributed by atoms with van der Waals surface area (Å²) in [5.74, 6) is -0.155. The molecule has 0 aliphatic carbocycles. The number of H-pyrrole nitrogens is 2. The second kappa shape index (κ2) is 8.22. The van der Waals surface area contributed by atoms with Crippen molar-refractivity contribution in [3.05, 3.63) is 71.5 Å². The number of fused-ring (bicyclic) bond motifs is 2. The van der Waals surface area contributed by atoms with Crippen LogP contribution in [-0.4, -0.2) is 47.3 Å². The lowest BCUT2D eigenvalue weighted by Crippen LogP contribution is -2.35. The molecule has 2 aromatic heterocycles. The SMILES string of the molecule is CN(C=O)CC(=O)NCCc1c(Cc2c[nH]c3ccccc23)[nH]c2ccccc12. The van der Waals surface area contributed by atoms with Crippen LogP contribution in [0.4, 0.5) is 0 Å². The first-order chi connectivity index (χ1) is 14.2. The monoisotopic (exact) mass is 388 g/mol. The fourth-order valence-corrected chi connectivity index (χ4v) is 3.81. The number of aromatic amines is 2. The highest BCUT2D eigenvalue weighted by Gasteiger charge is 2.14. The van der Waals surface area contributed by atoms with E-state index in [1.54, 1.807) is 7.05 Å². The van der Waals surface area contributed by atoms with E-state index in [1.165, 1.54) is 26.8 Å². The van der Waals surface area contributed by atoms with Gasteiger partial charge in [0.2, 0.25) is 12.3 Å². The molecule has 0 saturated carbocycles. The minimum absolute atomic E-state index is 0.0690. The van der Waals surface area contributed by atoms with E-state index in [0.29, 0.717) is 13.0 Å². The van der Waals surface area contributed by atoms with E-state index in [9.17, 15) is 9.59 Å². The molecular weight excluding hydrogens is 364 g/mol. The van der Waals surface area contributed by atoms with Crippen LogP contribution in [0.15, 0.2) is 54.7 Å². The summed E-state index contributed by atoms with van der Waals surface area (Å²) < 4.78 is 0. The van der Waals surface area contributed by atoms with Gasteiger partial charge in [0.05, 0.1) is 6.54 Å². The highest BCUT2D eigenvalue weighted by molar-refractivity contribution is 5.87. The molecule has 0 aliphatic rings. The van der Waals surface area contributed by atoms with E-state index in [-0.39, 0.29) is 12.5 Å². The summed E-state index contributed by atoms with van der Waals surface area (Å²) >= 11 is 0. The van der Waals surface area contributed by atoms with Crippen LogP contribution in [0.2, 0.25) is 0 Å². The van der Waals surface area contributed by atoms with Gasteiger partial charge in [-0.25, -0.2) is 0 Å². The fourth-order valence-electron chi connectivity index (χ4n) is 3.81.